The highest BCUT2D eigenvalue weighted by atomic mass is 31.1. The molecule has 29 heavy (non-hydrogen) atoms. The van der Waals surface area contributed by atoms with E-state index in [1.54, 1.807) is 11.5 Å². The van der Waals surface area contributed by atoms with Gasteiger partial charge in [-0.25, -0.2) is 9.37 Å². The van der Waals surface area contributed by atoms with Gasteiger partial charge in [-0.15, -0.1) is 0 Å². The molecule has 3 unspecified atom stereocenters. The Bertz CT molecular complexity index is 914. The molecule has 0 spiro atoms. The maximum absolute atomic E-state index is 13.4. The molecular weight excluding hydrogens is 400 g/mol. The van der Waals surface area contributed by atoms with Crippen LogP contribution in [0.3, 0.4) is 0 Å². The molecule has 1 aromatic carbocycles. The summed E-state index contributed by atoms with van der Waals surface area (Å²) in [5, 5.41) is 0. The lowest BCUT2D eigenvalue weighted by atomic mass is 10.3. The van der Waals surface area contributed by atoms with Crippen LogP contribution in [-0.4, -0.2) is 45.5 Å². The number of para-hydroxylation sites is 1. The lowest BCUT2D eigenvalue weighted by Gasteiger charge is -2.21. The van der Waals surface area contributed by atoms with Crippen molar-refractivity contribution in [3.8, 4) is 11.6 Å². The van der Waals surface area contributed by atoms with Gasteiger partial charge >= 0.3 is 0 Å². The van der Waals surface area contributed by atoms with Crippen molar-refractivity contribution in [1.82, 2.24) is 19.5 Å². The standard InChI is InChI=1S/C18H23FN5O4P/c1-3-25-17-15-16(22-18(20)23-17)24(11-21-15)12(2)27-14(9-19)10-26-29-28-13-7-5-4-6-8-13/h4-8,11-12,14,29H,3,9-10H2,1-2H3,(H2,20,22,23). The van der Waals surface area contributed by atoms with Crippen molar-refractivity contribution in [2.24, 2.45) is 0 Å². The molecule has 0 bridgehead atoms. The normalized spacial score (nSPS) is 13.8. The number of rotatable bonds is 11. The van der Waals surface area contributed by atoms with Gasteiger partial charge < -0.3 is 24.3 Å². The van der Waals surface area contributed by atoms with Crippen LogP contribution in [0, 0.1) is 0 Å². The first-order valence-electron chi connectivity index (χ1n) is 9.05. The van der Waals surface area contributed by atoms with Crippen molar-refractivity contribution in [3.05, 3.63) is 36.7 Å². The molecule has 2 aromatic heterocycles. The van der Waals surface area contributed by atoms with Gasteiger partial charge in [0.05, 0.1) is 19.5 Å². The van der Waals surface area contributed by atoms with E-state index in [4.69, 9.17) is 24.3 Å². The summed E-state index contributed by atoms with van der Waals surface area (Å²) in [5.74, 6) is 1.04. The molecule has 0 saturated carbocycles. The van der Waals surface area contributed by atoms with Crippen LogP contribution in [0.4, 0.5) is 10.3 Å². The second-order valence-electron chi connectivity index (χ2n) is 5.97. The van der Waals surface area contributed by atoms with Crippen LogP contribution in [0.2, 0.25) is 0 Å². The number of anilines is 1. The number of hydrogen-bond acceptors (Lipinski definition) is 8. The Balaban J connectivity index is 1.60. The number of fused-ring (bicyclic) bond motifs is 1. The van der Waals surface area contributed by atoms with Gasteiger partial charge in [0, 0.05) is 0 Å². The predicted octanol–water partition coefficient (Wildman–Crippen LogP) is 3.28. The summed E-state index contributed by atoms with van der Waals surface area (Å²) in [6.07, 6.45) is 0.189. The zero-order valence-electron chi connectivity index (χ0n) is 16.1. The Labute approximate surface area is 169 Å². The van der Waals surface area contributed by atoms with Crippen LogP contribution in [0.15, 0.2) is 36.7 Å². The van der Waals surface area contributed by atoms with Crippen molar-refractivity contribution >= 4 is 26.1 Å². The Morgan fingerprint density at radius 2 is 2.03 bits per heavy atom. The monoisotopic (exact) mass is 423 g/mol. The highest BCUT2D eigenvalue weighted by molar-refractivity contribution is 7.26. The average Bonchev–Trinajstić information content (AvgIpc) is 3.15. The van der Waals surface area contributed by atoms with E-state index in [-0.39, 0.29) is 21.6 Å². The van der Waals surface area contributed by atoms with Crippen LogP contribution in [0.5, 0.6) is 11.6 Å². The van der Waals surface area contributed by atoms with Gasteiger partial charge in [-0.1, -0.05) is 18.2 Å². The minimum atomic E-state index is -0.778. The number of imidazole rings is 1. The first-order valence-corrected chi connectivity index (χ1v) is 9.87. The second-order valence-corrected chi connectivity index (χ2v) is 6.62. The first kappa shape index (κ1) is 21.2. The van der Waals surface area contributed by atoms with Gasteiger partial charge in [-0.05, 0) is 26.0 Å². The summed E-state index contributed by atoms with van der Waals surface area (Å²) in [7, 11) is -0.264. The van der Waals surface area contributed by atoms with Crippen LogP contribution in [0.1, 0.15) is 20.1 Å². The molecule has 3 atom stereocenters. The maximum atomic E-state index is 13.4. The summed E-state index contributed by atoms with van der Waals surface area (Å²) in [4.78, 5) is 12.5. The summed E-state index contributed by atoms with van der Waals surface area (Å²) < 4.78 is 37.2. The van der Waals surface area contributed by atoms with E-state index in [9.17, 15) is 4.39 Å². The van der Waals surface area contributed by atoms with E-state index < -0.39 is 19.0 Å². The number of nitrogens with zero attached hydrogens (tertiary/aromatic N) is 4. The fourth-order valence-electron chi connectivity index (χ4n) is 2.57. The molecule has 0 amide bonds. The Morgan fingerprint density at radius 1 is 1.24 bits per heavy atom. The minimum Gasteiger partial charge on any atom is -0.476 e. The molecule has 0 aliphatic carbocycles. The molecule has 3 aromatic rings. The molecule has 0 aliphatic heterocycles. The molecular formula is C18H23FN5O4P. The van der Waals surface area contributed by atoms with Gasteiger partial charge in [0.1, 0.15) is 24.8 Å². The van der Waals surface area contributed by atoms with Gasteiger partial charge in [0.25, 0.3) is 0 Å². The molecule has 0 saturated heterocycles. The Hall–Kier alpha value is -2.55. The zero-order valence-corrected chi connectivity index (χ0v) is 17.1. The van der Waals surface area contributed by atoms with Gasteiger partial charge in [-0.2, -0.15) is 9.97 Å². The van der Waals surface area contributed by atoms with E-state index in [1.165, 1.54) is 6.33 Å². The third-order valence-electron chi connectivity index (χ3n) is 3.87. The summed E-state index contributed by atoms with van der Waals surface area (Å²) >= 11 is 0. The Kier molecular flexibility index (Phi) is 7.51. The molecule has 11 heteroatoms. The number of benzene rings is 1. The lowest BCUT2D eigenvalue weighted by molar-refractivity contribution is -0.0669. The van der Waals surface area contributed by atoms with E-state index in [0.29, 0.717) is 29.4 Å². The molecule has 0 radical (unpaired) electrons. The highest BCUT2D eigenvalue weighted by Crippen LogP contribution is 2.26. The minimum absolute atomic E-state index is 0.0417. The van der Waals surface area contributed by atoms with Crippen molar-refractivity contribution in [2.45, 2.75) is 26.2 Å². The average molecular weight is 423 g/mol. The Morgan fingerprint density at radius 3 is 2.76 bits per heavy atom. The highest BCUT2D eigenvalue weighted by Gasteiger charge is 2.20. The van der Waals surface area contributed by atoms with Crippen LogP contribution >= 0.6 is 9.03 Å². The fourth-order valence-corrected chi connectivity index (χ4v) is 3.11. The van der Waals surface area contributed by atoms with Crippen molar-refractivity contribution < 1.29 is 22.9 Å². The van der Waals surface area contributed by atoms with Gasteiger partial charge in [-0.3, -0.25) is 4.57 Å². The van der Waals surface area contributed by atoms with Crippen LogP contribution in [-0.2, 0) is 9.26 Å². The lowest BCUT2D eigenvalue weighted by Crippen LogP contribution is -2.25. The largest absolute Gasteiger partial charge is 0.476 e. The SMILES string of the molecule is CCOc1nc(N)nc2c1ncn2C(C)OC(CF)COPOc1ccccc1. The quantitative estimate of drug-likeness (QED) is 0.370. The van der Waals surface area contributed by atoms with E-state index >= 15 is 0 Å². The zero-order chi connectivity index (χ0) is 20.6. The first-order chi connectivity index (χ1) is 14.1. The summed E-state index contributed by atoms with van der Waals surface area (Å²) in [5.41, 5.74) is 6.67. The van der Waals surface area contributed by atoms with Gasteiger partial charge in [0.15, 0.2) is 11.2 Å². The molecule has 2 N–H and O–H groups in total. The summed E-state index contributed by atoms with van der Waals surface area (Å²) in [6, 6.07) is 9.24. The summed E-state index contributed by atoms with van der Waals surface area (Å²) in [6.45, 7) is 3.33. The number of nitrogen functional groups attached to an aromatic ring is 1. The van der Waals surface area contributed by atoms with Crippen LogP contribution < -0.4 is 15.0 Å². The molecule has 156 valence electrons. The predicted molar refractivity (Wildman–Crippen MR) is 108 cm³/mol. The van der Waals surface area contributed by atoms with Crippen molar-refractivity contribution in [3.63, 3.8) is 0 Å². The molecule has 0 fully saturated rings. The molecule has 2 heterocycles. The number of aromatic nitrogens is 4. The smallest absolute Gasteiger partial charge is 0.247 e. The number of halogens is 1. The van der Waals surface area contributed by atoms with Crippen LogP contribution in [0.25, 0.3) is 11.2 Å². The number of ether oxygens (including phenoxy) is 2. The number of alkyl halides is 1. The third-order valence-corrected chi connectivity index (χ3v) is 4.48. The van der Waals surface area contributed by atoms with Crippen molar-refractivity contribution in [1.29, 1.82) is 0 Å². The fraction of sp³-hybridized carbons (Fsp3) is 0.389. The second kappa shape index (κ2) is 10.3. The molecule has 0 aliphatic rings. The van der Waals surface area contributed by atoms with E-state index in [1.807, 2.05) is 37.3 Å². The van der Waals surface area contributed by atoms with Gasteiger partial charge in [0.2, 0.25) is 20.9 Å². The molecule has 9 nitrogen and oxygen atoms in total. The number of nitrogens with two attached hydrogens (primary N) is 1. The molecule has 3 rings (SSSR count). The van der Waals surface area contributed by atoms with E-state index in [2.05, 4.69) is 15.0 Å². The number of hydrogen-bond donors (Lipinski definition) is 1. The van der Waals surface area contributed by atoms with Crippen molar-refractivity contribution in [2.75, 3.05) is 25.6 Å². The topological polar surface area (TPSA) is 107 Å². The van der Waals surface area contributed by atoms with E-state index in [0.717, 1.165) is 0 Å². The maximum Gasteiger partial charge on any atom is 0.247 e. The third kappa shape index (κ3) is 5.50.